The monoisotopic (exact) mass is 415 g/mol. The molecule has 146 valence electrons. The molecule has 0 radical (unpaired) electrons. The second-order valence-corrected chi connectivity index (χ2v) is 8.76. The summed E-state index contributed by atoms with van der Waals surface area (Å²) < 4.78 is 45.4. The average molecular weight is 416 g/mol. The fourth-order valence-electron chi connectivity index (χ4n) is 3.16. The van der Waals surface area contributed by atoms with Crippen LogP contribution in [0.25, 0.3) is 0 Å². The molecular formula is C17H19ClFN3O4S. The highest BCUT2D eigenvalue weighted by molar-refractivity contribution is 7.89. The molecule has 10 heteroatoms. The maximum Gasteiger partial charge on any atom is 0.248 e. The summed E-state index contributed by atoms with van der Waals surface area (Å²) >= 11 is 5.72. The van der Waals surface area contributed by atoms with Crippen LogP contribution >= 0.6 is 11.6 Å². The van der Waals surface area contributed by atoms with E-state index < -0.39 is 21.8 Å². The van der Waals surface area contributed by atoms with E-state index in [-0.39, 0.29) is 28.1 Å². The van der Waals surface area contributed by atoms with Gasteiger partial charge in [0.2, 0.25) is 15.9 Å². The summed E-state index contributed by atoms with van der Waals surface area (Å²) in [6, 6.07) is 3.88. The molecule has 2 heterocycles. The van der Waals surface area contributed by atoms with Crippen molar-refractivity contribution in [2.75, 3.05) is 18.4 Å². The van der Waals surface area contributed by atoms with Gasteiger partial charge in [-0.3, -0.25) is 4.79 Å². The number of nitrogens with one attached hydrogen (secondary N) is 1. The van der Waals surface area contributed by atoms with Crippen molar-refractivity contribution in [2.45, 2.75) is 31.6 Å². The SMILES string of the molecule is Cc1noc(C)c1S(=O)(=O)N1CCCC(C(=O)Nc2ccc(F)c(Cl)c2)C1. The van der Waals surface area contributed by atoms with E-state index in [2.05, 4.69) is 10.5 Å². The Labute approximate surface area is 161 Å². The number of benzene rings is 1. The molecule has 1 aromatic carbocycles. The second-order valence-electron chi connectivity index (χ2n) is 6.47. The lowest BCUT2D eigenvalue weighted by Gasteiger charge is -2.31. The number of hydrogen-bond acceptors (Lipinski definition) is 5. The van der Waals surface area contributed by atoms with Gasteiger partial charge >= 0.3 is 0 Å². The molecule has 1 N–H and O–H groups in total. The minimum Gasteiger partial charge on any atom is -0.360 e. The minimum atomic E-state index is -3.81. The Morgan fingerprint density at radius 1 is 1.41 bits per heavy atom. The van der Waals surface area contributed by atoms with Crippen LogP contribution in [0, 0.1) is 25.6 Å². The highest BCUT2D eigenvalue weighted by Crippen LogP contribution is 2.28. The van der Waals surface area contributed by atoms with E-state index in [1.165, 1.54) is 16.4 Å². The molecule has 7 nitrogen and oxygen atoms in total. The van der Waals surface area contributed by atoms with Crippen molar-refractivity contribution in [3.8, 4) is 0 Å². The number of nitrogens with zero attached hydrogens (tertiary/aromatic N) is 2. The van der Waals surface area contributed by atoms with Crippen LogP contribution in [0.15, 0.2) is 27.6 Å². The van der Waals surface area contributed by atoms with Gasteiger partial charge in [0.1, 0.15) is 16.4 Å². The molecule has 1 amide bonds. The lowest BCUT2D eigenvalue weighted by Crippen LogP contribution is -2.43. The second kappa shape index (κ2) is 7.57. The van der Waals surface area contributed by atoms with Gasteiger partial charge in [0.15, 0.2) is 5.76 Å². The highest BCUT2D eigenvalue weighted by atomic mass is 35.5. The van der Waals surface area contributed by atoms with E-state index in [1.54, 1.807) is 13.8 Å². The molecule has 0 bridgehead atoms. The van der Waals surface area contributed by atoms with Crippen LogP contribution in [-0.2, 0) is 14.8 Å². The summed E-state index contributed by atoms with van der Waals surface area (Å²) in [5.41, 5.74) is 0.650. The number of halogens is 2. The van der Waals surface area contributed by atoms with Crippen LogP contribution in [0.4, 0.5) is 10.1 Å². The lowest BCUT2D eigenvalue weighted by molar-refractivity contribution is -0.120. The predicted molar refractivity (Wildman–Crippen MR) is 97.5 cm³/mol. The molecule has 1 saturated heterocycles. The largest absolute Gasteiger partial charge is 0.360 e. The maximum atomic E-state index is 13.2. The molecule has 1 aliphatic rings. The van der Waals surface area contributed by atoms with Crippen LogP contribution in [0.3, 0.4) is 0 Å². The number of aromatic nitrogens is 1. The van der Waals surface area contributed by atoms with Crippen LogP contribution < -0.4 is 5.32 Å². The summed E-state index contributed by atoms with van der Waals surface area (Å²) in [5, 5.41) is 6.27. The molecule has 3 rings (SSSR count). The van der Waals surface area contributed by atoms with Crippen LogP contribution in [0.5, 0.6) is 0 Å². The first-order valence-corrected chi connectivity index (χ1v) is 10.2. The summed E-state index contributed by atoms with van der Waals surface area (Å²) in [6.45, 7) is 3.47. The predicted octanol–water partition coefficient (Wildman–Crippen LogP) is 3.12. The average Bonchev–Trinajstić information content (AvgIpc) is 2.97. The Morgan fingerprint density at radius 2 is 2.15 bits per heavy atom. The van der Waals surface area contributed by atoms with E-state index in [0.29, 0.717) is 30.8 Å². The third-order valence-electron chi connectivity index (χ3n) is 4.51. The van der Waals surface area contributed by atoms with Crippen molar-refractivity contribution < 1.29 is 22.1 Å². The van der Waals surface area contributed by atoms with Crippen molar-refractivity contribution in [3.05, 3.63) is 40.5 Å². The molecule has 0 saturated carbocycles. The Hall–Kier alpha value is -1.97. The fourth-order valence-corrected chi connectivity index (χ4v) is 5.16. The summed E-state index contributed by atoms with van der Waals surface area (Å²) in [6.07, 6.45) is 1.10. The molecule has 27 heavy (non-hydrogen) atoms. The van der Waals surface area contributed by atoms with Crippen molar-refractivity contribution in [2.24, 2.45) is 5.92 Å². The minimum absolute atomic E-state index is 0.0488. The molecule has 2 aromatic rings. The van der Waals surface area contributed by atoms with E-state index in [4.69, 9.17) is 16.1 Å². The zero-order valence-electron chi connectivity index (χ0n) is 14.8. The third kappa shape index (κ3) is 3.99. The molecular weight excluding hydrogens is 397 g/mol. The number of anilines is 1. The number of aryl methyl sites for hydroxylation is 2. The molecule has 0 spiro atoms. The first kappa shape index (κ1) is 19.8. The van der Waals surface area contributed by atoms with Gasteiger partial charge in [0.05, 0.1) is 10.9 Å². The van der Waals surface area contributed by atoms with Gasteiger partial charge in [-0.2, -0.15) is 4.31 Å². The first-order chi connectivity index (χ1) is 12.7. The lowest BCUT2D eigenvalue weighted by atomic mass is 9.99. The van der Waals surface area contributed by atoms with Crippen LogP contribution in [0.1, 0.15) is 24.3 Å². The van der Waals surface area contributed by atoms with Gasteiger partial charge < -0.3 is 9.84 Å². The Balaban J connectivity index is 1.75. The molecule has 0 aliphatic carbocycles. The number of hydrogen-bond donors (Lipinski definition) is 1. The van der Waals surface area contributed by atoms with E-state index >= 15 is 0 Å². The summed E-state index contributed by atoms with van der Waals surface area (Å²) in [7, 11) is -3.81. The third-order valence-corrected chi connectivity index (χ3v) is 6.91. The summed E-state index contributed by atoms with van der Waals surface area (Å²) in [5.74, 6) is -1.22. The van der Waals surface area contributed by atoms with E-state index in [9.17, 15) is 17.6 Å². The van der Waals surface area contributed by atoms with Gasteiger partial charge in [0.25, 0.3) is 0 Å². The first-order valence-electron chi connectivity index (χ1n) is 8.39. The van der Waals surface area contributed by atoms with Crippen molar-refractivity contribution in [1.29, 1.82) is 0 Å². The highest BCUT2D eigenvalue weighted by Gasteiger charge is 2.36. The Bertz CT molecular complexity index is 957. The standard InChI is InChI=1S/C17H19ClFN3O4S/c1-10-16(11(2)26-21-10)27(24,25)22-7-3-4-12(9-22)17(23)20-13-5-6-15(19)14(18)8-13/h5-6,8,12H,3-4,7,9H2,1-2H3,(H,20,23). The fraction of sp³-hybridized carbons (Fsp3) is 0.412. The maximum absolute atomic E-state index is 13.2. The van der Waals surface area contributed by atoms with Crippen LogP contribution in [-0.4, -0.2) is 36.9 Å². The number of amides is 1. The van der Waals surface area contributed by atoms with Gasteiger partial charge in [-0.25, -0.2) is 12.8 Å². The van der Waals surface area contributed by atoms with Crippen molar-refractivity contribution >= 4 is 33.2 Å². The van der Waals surface area contributed by atoms with E-state index in [0.717, 1.165) is 6.07 Å². The number of carbonyl (C=O) groups excluding carboxylic acids is 1. The molecule has 1 fully saturated rings. The number of rotatable bonds is 4. The zero-order valence-corrected chi connectivity index (χ0v) is 16.4. The van der Waals surface area contributed by atoms with Crippen molar-refractivity contribution in [1.82, 2.24) is 9.46 Å². The molecule has 1 atom stereocenters. The normalized spacial score (nSPS) is 18.4. The Kier molecular flexibility index (Phi) is 5.55. The van der Waals surface area contributed by atoms with Gasteiger partial charge in [-0.05, 0) is 44.9 Å². The molecule has 1 unspecified atom stereocenters. The topological polar surface area (TPSA) is 92.5 Å². The number of sulfonamides is 1. The molecule has 1 aromatic heterocycles. The quantitative estimate of drug-likeness (QED) is 0.828. The summed E-state index contributed by atoms with van der Waals surface area (Å²) in [4.78, 5) is 12.6. The zero-order chi connectivity index (χ0) is 19.8. The van der Waals surface area contributed by atoms with E-state index in [1.807, 2.05) is 0 Å². The van der Waals surface area contributed by atoms with Gasteiger partial charge in [-0.15, -0.1) is 0 Å². The number of carbonyl (C=O) groups is 1. The van der Waals surface area contributed by atoms with Crippen molar-refractivity contribution in [3.63, 3.8) is 0 Å². The van der Waals surface area contributed by atoms with Crippen LogP contribution in [0.2, 0.25) is 5.02 Å². The van der Waals surface area contributed by atoms with Gasteiger partial charge in [0, 0.05) is 18.8 Å². The smallest absolute Gasteiger partial charge is 0.248 e. The Morgan fingerprint density at radius 3 is 2.78 bits per heavy atom. The van der Waals surface area contributed by atoms with Gasteiger partial charge in [-0.1, -0.05) is 16.8 Å². The molecule has 1 aliphatic heterocycles. The number of piperidine rings is 1.